The molecule has 0 spiro atoms. The number of hydrogen-bond donors (Lipinski definition) is 2. The molecule has 0 aromatic heterocycles. The van der Waals surface area contributed by atoms with Crippen LogP contribution in [0.4, 0.5) is 18.9 Å². The van der Waals surface area contributed by atoms with Crippen LogP contribution in [0.3, 0.4) is 0 Å². The fourth-order valence-electron chi connectivity index (χ4n) is 2.91. The molecule has 144 valence electrons. The third-order valence-corrected chi connectivity index (χ3v) is 4.68. The van der Waals surface area contributed by atoms with Crippen molar-refractivity contribution in [1.82, 2.24) is 0 Å². The average Bonchev–Trinajstić information content (AvgIpc) is 2.63. The first-order valence-electron chi connectivity index (χ1n) is 8.43. The number of halogens is 4. The van der Waals surface area contributed by atoms with Crippen molar-refractivity contribution in [1.29, 1.82) is 0 Å². The summed E-state index contributed by atoms with van der Waals surface area (Å²) in [5.74, 6) is -4.74. The molecule has 0 atom stereocenters. The third kappa shape index (κ3) is 4.73. The number of hydrogen-bond acceptors (Lipinski definition) is 3. The first-order valence-corrected chi connectivity index (χ1v) is 8.81. The lowest BCUT2D eigenvalue weighted by Gasteiger charge is -2.26. The Hall–Kier alpha value is -2.25. The molecule has 0 aliphatic heterocycles. The Labute approximate surface area is 158 Å². The number of nitrogens with one attached hydrogen (secondary N) is 1. The summed E-state index contributed by atoms with van der Waals surface area (Å²) in [6.07, 6.45) is 2.15. The van der Waals surface area contributed by atoms with Gasteiger partial charge in [-0.1, -0.05) is 11.6 Å². The van der Waals surface area contributed by atoms with Crippen molar-refractivity contribution in [2.45, 2.75) is 37.9 Å². The molecule has 1 fully saturated rings. The van der Waals surface area contributed by atoms with Crippen molar-refractivity contribution < 1.29 is 27.8 Å². The first kappa shape index (κ1) is 19.5. The van der Waals surface area contributed by atoms with E-state index in [9.17, 15) is 23.1 Å². The minimum Gasteiger partial charge on any atom is -0.489 e. The summed E-state index contributed by atoms with van der Waals surface area (Å²) in [7, 11) is 0. The topological polar surface area (TPSA) is 58.6 Å². The standard InChI is InChI=1S/C19H17ClF3NO3/c20-14-6-1-10(7-17(14)27-13-4-2-12(25)3-5-13)19(26)24-11-8-15(21)18(23)16(22)9-11/h1,6-9,12-13,25H,2-5H2,(H,24,26)/t12-,13-. The zero-order valence-corrected chi connectivity index (χ0v) is 14.9. The maximum Gasteiger partial charge on any atom is 0.255 e. The number of carbonyl (C=O) groups is 1. The van der Waals surface area contributed by atoms with Crippen LogP contribution in [-0.4, -0.2) is 23.2 Å². The van der Waals surface area contributed by atoms with Gasteiger partial charge >= 0.3 is 0 Å². The lowest BCUT2D eigenvalue weighted by atomic mass is 9.95. The van der Waals surface area contributed by atoms with Gasteiger partial charge in [-0.05, 0) is 43.9 Å². The van der Waals surface area contributed by atoms with E-state index in [0.29, 0.717) is 48.6 Å². The summed E-state index contributed by atoms with van der Waals surface area (Å²) in [6.45, 7) is 0. The molecule has 1 amide bonds. The number of aliphatic hydroxyl groups is 1. The lowest BCUT2D eigenvalue weighted by molar-refractivity contribution is 0.0666. The Morgan fingerprint density at radius 2 is 1.70 bits per heavy atom. The van der Waals surface area contributed by atoms with Crippen molar-refractivity contribution >= 4 is 23.2 Å². The zero-order valence-electron chi connectivity index (χ0n) is 14.1. The Bertz CT molecular complexity index is 831. The normalized spacial score (nSPS) is 19.6. The maximum absolute atomic E-state index is 13.3. The van der Waals surface area contributed by atoms with Gasteiger partial charge in [0.15, 0.2) is 17.5 Å². The van der Waals surface area contributed by atoms with Crippen LogP contribution in [0.1, 0.15) is 36.0 Å². The highest BCUT2D eigenvalue weighted by Crippen LogP contribution is 2.30. The number of anilines is 1. The van der Waals surface area contributed by atoms with Crippen LogP contribution in [-0.2, 0) is 0 Å². The number of benzene rings is 2. The molecule has 0 radical (unpaired) electrons. The van der Waals surface area contributed by atoms with Gasteiger partial charge in [-0.15, -0.1) is 0 Å². The van der Waals surface area contributed by atoms with E-state index >= 15 is 0 Å². The van der Waals surface area contributed by atoms with Crippen LogP contribution < -0.4 is 10.1 Å². The molecular formula is C19H17ClF3NO3. The quantitative estimate of drug-likeness (QED) is 0.733. The van der Waals surface area contributed by atoms with Crippen LogP contribution >= 0.6 is 11.6 Å². The van der Waals surface area contributed by atoms with Gasteiger partial charge in [0.1, 0.15) is 5.75 Å². The molecule has 2 aromatic carbocycles. The fraction of sp³-hybridized carbons (Fsp3) is 0.316. The summed E-state index contributed by atoms with van der Waals surface area (Å²) in [6, 6.07) is 5.73. The second kappa shape index (κ2) is 8.19. The molecule has 0 saturated heterocycles. The predicted molar refractivity (Wildman–Crippen MR) is 94.6 cm³/mol. The van der Waals surface area contributed by atoms with E-state index in [1.165, 1.54) is 18.2 Å². The highest BCUT2D eigenvalue weighted by atomic mass is 35.5. The van der Waals surface area contributed by atoms with Gasteiger partial charge in [-0.25, -0.2) is 13.2 Å². The Morgan fingerprint density at radius 1 is 1.07 bits per heavy atom. The molecular weight excluding hydrogens is 383 g/mol. The summed E-state index contributed by atoms with van der Waals surface area (Å²) < 4.78 is 45.4. The fourth-order valence-corrected chi connectivity index (χ4v) is 3.07. The van der Waals surface area contributed by atoms with Crippen LogP contribution in [0.15, 0.2) is 30.3 Å². The van der Waals surface area contributed by atoms with Gasteiger partial charge in [0.25, 0.3) is 5.91 Å². The lowest BCUT2D eigenvalue weighted by Crippen LogP contribution is -2.26. The largest absolute Gasteiger partial charge is 0.489 e. The number of rotatable bonds is 4. The second-order valence-corrected chi connectivity index (χ2v) is 6.81. The van der Waals surface area contributed by atoms with Gasteiger partial charge in [-0.3, -0.25) is 4.79 Å². The molecule has 0 heterocycles. The van der Waals surface area contributed by atoms with Crippen molar-refractivity contribution in [2.24, 2.45) is 0 Å². The Morgan fingerprint density at radius 3 is 2.33 bits per heavy atom. The highest BCUT2D eigenvalue weighted by Gasteiger charge is 2.22. The molecule has 1 saturated carbocycles. The minimum atomic E-state index is -1.60. The van der Waals surface area contributed by atoms with E-state index in [1.807, 2.05) is 0 Å². The Kier molecular flexibility index (Phi) is 5.92. The van der Waals surface area contributed by atoms with Crippen molar-refractivity contribution in [3.8, 4) is 5.75 Å². The molecule has 2 aromatic rings. The molecule has 0 unspecified atom stereocenters. The molecule has 27 heavy (non-hydrogen) atoms. The molecule has 1 aliphatic carbocycles. The predicted octanol–water partition coefficient (Wildman–Crippen LogP) is 4.69. The van der Waals surface area contributed by atoms with E-state index < -0.39 is 23.4 Å². The van der Waals surface area contributed by atoms with Crippen LogP contribution in [0.2, 0.25) is 5.02 Å². The van der Waals surface area contributed by atoms with Gasteiger partial charge in [0.2, 0.25) is 0 Å². The van der Waals surface area contributed by atoms with Crippen LogP contribution in [0.25, 0.3) is 0 Å². The average molecular weight is 400 g/mol. The monoisotopic (exact) mass is 399 g/mol. The third-order valence-electron chi connectivity index (χ3n) is 4.37. The SMILES string of the molecule is O=C(Nc1cc(F)c(F)c(F)c1)c1ccc(Cl)c(O[C@H]2CC[C@H](O)CC2)c1. The molecule has 4 nitrogen and oxygen atoms in total. The first-order chi connectivity index (χ1) is 12.8. The van der Waals surface area contributed by atoms with E-state index in [0.717, 1.165) is 0 Å². The minimum absolute atomic E-state index is 0.121. The van der Waals surface area contributed by atoms with Crippen molar-refractivity contribution in [3.63, 3.8) is 0 Å². The maximum atomic E-state index is 13.3. The zero-order chi connectivity index (χ0) is 19.6. The van der Waals surface area contributed by atoms with Crippen molar-refractivity contribution in [3.05, 3.63) is 58.4 Å². The summed E-state index contributed by atoms with van der Waals surface area (Å²) in [5.41, 5.74) is -0.0505. The number of aliphatic hydroxyl groups excluding tert-OH is 1. The van der Waals surface area contributed by atoms with Crippen LogP contribution in [0.5, 0.6) is 5.75 Å². The van der Waals surface area contributed by atoms with E-state index in [-0.39, 0.29) is 23.5 Å². The highest BCUT2D eigenvalue weighted by molar-refractivity contribution is 6.32. The summed E-state index contributed by atoms with van der Waals surface area (Å²) in [5, 5.41) is 12.2. The Balaban J connectivity index is 1.74. The second-order valence-electron chi connectivity index (χ2n) is 6.40. The van der Waals surface area contributed by atoms with Gasteiger partial charge < -0.3 is 15.2 Å². The van der Waals surface area contributed by atoms with Crippen LogP contribution in [0, 0.1) is 17.5 Å². The van der Waals surface area contributed by atoms with E-state index in [1.54, 1.807) is 0 Å². The molecule has 1 aliphatic rings. The van der Waals surface area contributed by atoms with Gasteiger partial charge in [0.05, 0.1) is 17.2 Å². The summed E-state index contributed by atoms with van der Waals surface area (Å²) >= 11 is 6.12. The number of ether oxygens (including phenoxy) is 1. The molecule has 0 bridgehead atoms. The smallest absolute Gasteiger partial charge is 0.255 e. The molecule has 2 N–H and O–H groups in total. The van der Waals surface area contributed by atoms with E-state index in [4.69, 9.17) is 16.3 Å². The summed E-state index contributed by atoms with van der Waals surface area (Å²) in [4.78, 5) is 12.3. The van der Waals surface area contributed by atoms with Crippen molar-refractivity contribution in [2.75, 3.05) is 5.32 Å². The number of carbonyl (C=O) groups excluding carboxylic acids is 1. The number of amides is 1. The van der Waals surface area contributed by atoms with Gasteiger partial charge in [-0.2, -0.15) is 0 Å². The van der Waals surface area contributed by atoms with Gasteiger partial charge in [0, 0.05) is 23.4 Å². The molecule has 3 rings (SSSR count). The molecule has 8 heteroatoms. The van der Waals surface area contributed by atoms with E-state index in [2.05, 4.69) is 5.32 Å².